The molecule has 3 N–H and O–H groups in total. The van der Waals surface area contributed by atoms with Crippen molar-refractivity contribution < 1.29 is 8.85 Å². The monoisotopic (exact) mass is 206 g/mol. The van der Waals surface area contributed by atoms with Gasteiger partial charge in [0.2, 0.25) is 0 Å². The molecule has 0 saturated heterocycles. The molecule has 4 nitrogen and oxygen atoms in total. The first-order chi connectivity index (χ1) is 6.14. The molecule has 0 spiro atoms. The molecule has 0 aromatic heterocycles. The molecule has 13 heavy (non-hydrogen) atoms. The van der Waals surface area contributed by atoms with Crippen LogP contribution >= 0.6 is 0 Å². The Labute approximate surface area is 82.6 Å². The van der Waals surface area contributed by atoms with E-state index >= 15 is 0 Å². The molecule has 0 aliphatic heterocycles. The fraction of sp³-hybridized carbons (Fsp3) is 1.00. The third-order valence-electron chi connectivity index (χ3n) is 2.02. The average molecular weight is 206 g/mol. The third kappa shape index (κ3) is 3.74. The summed E-state index contributed by atoms with van der Waals surface area (Å²) in [5.74, 6) is 0. The number of hydrogen-bond acceptors (Lipinski definition) is 4. The molecule has 0 heterocycles. The Balaban J connectivity index is 4.33. The van der Waals surface area contributed by atoms with Crippen molar-refractivity contribution in [1.29, 1.82) is 0 Å². The maximum atomic E-state index is 6.18. The molecule has 0 aromatic carbocycles. The second kappa shape index (κ2) is 6.50. The van der Waals surface area contributed by atoms with Gasteiger partial charge < -0.3 is 14.6 Å². The van der Waals surface area contributed by atoms with Crippen LogP contribution in [0.1, 0.15) is 26.7 Å². The second-order valence-corrected chi connectivity index (χ2v) is 5.76. The molecule has 0 aliphatic rings. The Bertz CT molecular complexity index is 125. The summed E-state index contributed by atoms with van der Waals surface area (Å²) in [4.78, 5) is 0. The van der Waals surface area contributed by atoms with Gasteiger partial charge in [-0.3, -0.25) is 5.32 Å². The van der Waals surface area contributed by atoms with Gasteiger partial charge >= 0.3 is 9.28 Å². The number of hydrogen-bond donors (Lipinski definition) is 2. The Morgan fingerprint density at radius 1 is 1.31 bits per heavy atom. The van der Waals surface area contributed by atoms with E-state index in [1.807, 2.05) is 6.92 Å². The Morgan fingerprint density at radius 3 is 2.15 bits per heavy atom. The molecule has 0 saturated carbocycles. The summed E-state index contributed by atoms with van der Waals surface area (Å²) in [5, 5.41) is 2.81. The van der Waals surface area contributed by atoms with E-state index in [2.05, 4.69) is 12.2 Å². The maximum absolute atomic E-state index is 6.18. The van der Waals surface area contributed by atoms with Crippen molar-refractivity contribution in [3.8, 4) is 0 Å². The molecule has 0 amide bonds. The molecule has 80 valence electrons. The fourth-order valence-corrected chi connectivity index (χ4v) is 3.48. The van der Waals surface area contributed by atoms with Crippen molar-refractivity contribution in [3.63, 3.8) is 0 Å². The minimum absolute atomic E-state index is 0.437. The first-order valence-corrected chi connectivity index (χ1v) is 6.26. The van der Waals surface area contributed by atoms with Gasteiger partial charge in [-0.25, -0.2) is 0 Å². The van der Waals surface area contributed by atoms with Gasteiger partial charge in [0, 0.05) is 14.2 Å². The maximum Gasteiger partial charge on any atom is 0.356 e. The summed E-state index contributed by atoms with van der Waals surface area (Å²) in [5.41, 5.74) is 6.18. The molecule has 0 aromatic rings. The number of nitrogens with one attached hydrogen (secondary N) is 1. The second-order valence-electron chi connectivity index (χ2n) is 3.12. The smallest absolute Gasteiger partial charge is 0.356 e. The van der Waals surface area contributed by atoms with Gasteiger partial charge in [0.25, 0.3) is 0 Å². The molecule has 5 heteroatoms. The molecule has 0 radical (unpaired) electrons. The van der Waals surface area contributed by atoms with Crippen LogP contribution in [0.2, 0.25) is 0 Å². The predicted molar refractivity (Wildman–Crippen MR) is 56.7 cm³/mol. The molecular weight excluding hydrogens is 184 g/mol. The van der Waals surface area contributed by atoms with Crippen molar-refractivity contribution >= 4 is 9.28 Å². The number of nitrogens with two attached hydrogens (primary N) is 1. The molecule has 1 atom stereocenters. The molecule has 0 fully saturated rings. The van der Waals surface area contributed by atoms with Crippen molar-refractivity contribution in [2.45, 2.75) is 32.0 Å². The van der Waals surface area contributed by atoms with Crippen molar-refractivity contribution in [1.82, 2.24) is 5.32 Å². The summed E-state index contributed by atoms with van der Waals surface area (Å²) in [6.45, 7) is 4.98. The van der Waals surface area contributed by atoms with Crippen molar-refractivity contribution in [2.75, 3.05) is 20.8 Å². The minimum atomic E-state index is -1.79. The Kier molecular flexibility index (Phi) is 6.53. The Morgan fingerprint density at radius 2 is 1.85 bits per heavy atom. The zero-order chi connectivity index (χ0) is 10.3. The SMILES string of the molecule is CCCC(N)(NCC)[SiH](OC)OC. The molecule has 1 unspecified atom stereocenters. The van der Waals surface area contributed by atoms with Gasteiger partial charge in [0.05, 0.1) is 0 Å². The normalized spacial score (nSPS) is 16.2. The first-order valence-electron chi connectivity index (χ1n) is 4.74. The zero-order valence-corrected chi connectivity index (χ0v) is 10.2. The fourth-order valence-electron chi connectivity index (χ4n) is 1.55. The van der Waals surface area contributed by atoms with E-state index in [1.54, 1.807) is 14.2 Å². The summed E-state index contributed by atoms with van der Waals surface area (Å²) in [7, 11) is 1.53. The topological polar surface area (TPSA) is 56.5 Å². The van der Waals surface area contributed by atoms with Crippen LogP contribution in [-0.4, -0.2) is 35.3 Å². The van der Waals surface area contributed by atoms with Crippen LogP contribution in [0, 0.1) is 0 Å². The van der Waals surface area contributed by atoms with Crippen molar-refractivity contribution in [2.24, 2.45) is 5.73 Å². The van der Waals surface area contributed by atoms with E-state index in [0.29, 0.717) is 0 Å². The van der Waals surface area contributed by atoms with Crippen LogP contribution in [0.4, 0.5) is 0 Å². The van der Waals surface area contributed by atoms with E-state index in [1.165, 1.54) is 0 Å². The van der Waals surface area contributed by atoms with Crippen LogP contribution < -0.4 is 11.1 Å². The third-order valence-corrected chi connectivity index (χ3v) is 4.21. The predicted octanol–water partition coefficient (Wildman–Crippen LogP) is 0.104. The van der Waals surface area contributed by atoms with Gasteiger partial charge in [-0.2, -0.15) is 0 Å². The lowest BCUT2D eigenvalue weighted by molar-refractivity contribution is 0.219. The summed E-state index contributed by atoms with van der Waals surface area (Å²) < 4.78 is 10.6. The highest BCUT2D eigenvalue weighted by Crippen LogP contribution is 2.11. The van der Waals surface area contributed by atoms with Gasteiger partial charge in [0.1, 0.15) is 5.29 Å². The lowest BCUT2D eigenvalue weighted by Gasteiger charge is -2.34. The first kappa shape index (κ1) is 13.1. The quantitative estimate of drug-likeness (QED) is 0.458. The van der Waals surface area contributed by atoms with Gasteiger partial charge in [-0.15, -0.1) is 0 Å². The van der Waals surface area contributed by atoms with E-state index < -0.39 is 14.6 Å². The van der Waals surface area contributed by atoms with Crippen LogP contribution in [0.25, 0.3) is 0 Å². The zero-order valence-electron chi connectivity index (χ0n) is 9.09. The largest absolute Gasteiger partial charge is 0.398 e. The molecule has 0 aliphatic carbocycles. The van der Waals surface area contributed by atoms with Crippen molar-refractivity contribution in [3.05, 3.63) is 0 Å². The van der Waals surface area contributed by atoms with E-state index in [0.717, 1.165) is 19.4 Å². The molecule has 0 bridgehead atoms. The minimum Gasteiger partial charge on any atom is -0.398 e. The highest BCUT2D eigenvalue weighted by Gasteiger charge is 2.36. The summed E-state index contributed by atoms with van der Waals surface area (Å²) >= 11 is 0. The van der Waals surface area contributed by atoms with E-state index in [4.69, 9.17) is 14.6 Å². The lowest BCUT2D eigenvalue weighted by Crippen LogP contribution is -2.65. The molecular formula is C8H22N2O2Si. The van der Waals surface area contributed by atoms with Crippen LogP contribution in [0.3, 0.4) is 0 Å². The average Bonchev–Trinajstić information content (AvgIpc) is 2.07. The molecule has 0 rings (SSSR count). The summed E-state index contributed by atoms with van der Waals surface area (Å²) in [6, 6.07) is 0. The van der Waals surface area contributed by atoms with Gasteiger partial charge in [-0.1, -0.05) is 20.3 Å². The number of rotatable bonds is 7. The van der Waals surface area contributed by atoms with Crippen LogP contribution in [0.5, 0.6) is 0 Å². The van der Waals surface area contributed by atoms with Gasteiger partial charge in [0.15, 0.2) is 0 Å². The highest BCUT2D eigenvalue weighted by molar-refractivity contribution is 6.48. The highest BCUT2D eigenvalue weighted by atomic mass is 28.3. The Hall–Kier alpha value is 0.0569. The summed E-state index contributed by atoms with van der Waals surface area (Å²) in [6.07, 6.45) is 1.92. The lowest BCUT2D eigenvalue weighted by atomic mass is 10.3. The van der Waals surface area contributed by atoms with Crippen LogP contribution in [0.15, 0.2) is 0 Å². The van der Waals surface area contributed by atoms with E-state index in [-0.39, 0.29) is 0 Å². The van der Waals surface area contributed by atoms with Gasteiger partial charge in [-0.05, 0) is 13.0 Å². The van der Waals surface area contributed by atoms with E-state index in [9.17, 15) is 0 Å². The van der Waals surface area contributed by atoms with Crippen LogP contribution in [-0.2, 0) is 8.85 Å². The standard InChI is InChI=1S/C8H22N2O2Si/c1-5-7-8(9,10-6-2)13(11-3)12-4/h10,13H,5-7,9H2,1-4H3.